The van der Waals surface area contributed by atoms with Crippen molar-refractivity contribution >= 4 is 11.8 Å². The predicted molar refractivity (Wildman–Crippen MR) is 62.8 cm³/mol. The molecule has 92 valence electrons. The lowest BCUT2D eigenvalue weighted by molar-refractivity contribution is -0.151. The Labute approximate surface area is 97.4 Å². The van der Waals surface area contributed by atoms with Crippen LogP contribution >= 0.6 is 0 Å². The van der Waals surface area contributed by atoms with E-state index in [1.165, 1.54) is 4.90 Å². The van der Waals surface area contributed by atoms with Gasteiger partial charge in [-0.3, -0.25) is 14.5 Å². The van der Waals surface area contributed by atoms with Crippen molar-refractivity contribution in [2.24, 2.45) is 11.3 Å². The highest BCUT2D eigenvalue weighted by molar-refractivity contribution is 5.98. The number of nitrogens with zero attached hydrogens (tertiary/aromatic N) is 1. The molecule has 0 aliphatic carbocycles. The molecule has 16 heavy (non-hydrogen) atoms. The average Bonchev–Trinajstić information content (AvgIpc) is 2.26. The molecule has 0 unspecified atom stereocenters. The van der Waals surface area contributed by atoms with Crippen molar-refractivity contribution in [3.8, 4) is 0 Å². The first kappa shape index (κ1) is 13.2. The van der Waals surface area contributed by atoms with Crippen molar-refractivity contribution in [3.05, 3.63) is 0 Å². The molecule has 0 spiro atoms. The molecule has 0 radical (unpaired) electrons. The van der Waals surface area contributed by atoms with Gasteiger partial charge < -0.3 is 5.32 Å². The van der Waals surface area contributed by atoms with Gasteiger partial charge in [0.15, 0.2) is 0 Å². The van der Waals surface area contributed by atoms with Gasteiger partial charge >= 0.3 is 0 Å². The Kier molecular flexibility index (Phi) is 4.08. The van der Waals surface area contributed by atoms with Crippen LogP contribution < -0.4 is 5.32 Å². The molecule has 1 saturated heterocycles. The van der Waals surface area contributed by atoms with Crippen molar-refractivity contribution in [1.82, 2.24) is 10.2 Å². The van der Waals surface area contributed by atoms with Crippen LogP contribution in [0.5, 0.6) is 0 Å². The SMILES string of the molecule is CN(C(=O)C1CCNCC1)C(=O)C(C)(C)C. The second kappa shape index (κ2) is 4.95. The maximum absolute atomic E-state index is 12.1. The van der Waals surface area contributed by atoms with Crippen molar-refractivity contribution in [2.75, 3.05) is 20.1 Å². The van der Waals surface area contributed by atoms with Crippen molar-refractivity contribution in [1.29, 1.82) is 0 Å². The van der Waals surface area contributed by atoms with E-state index in [4.69, 9.17) is 0 Å². The van der Waals surface area contributed by atoms with Gasteiger partial charge in [-0.15, -0.1) is 0 Å². The number of carbonyl (C=O) groups excluding carboxylic acids is 2. The van der Waals surface area contributed by atoms with Crippen molar-refractivity contribution in [2.45, 2.75) is 33.6 Å². The summed E-state index contributed by atoms with van der Waals surface area (Å²) in [5, 5.41) is 3.21. The molecular formula is C12H22N2O2. The number of nitrogens with one attached hydrogen (secondary N) is 1. The molecule has 1 rings (SSSR count). The summed E-state index contributed by atoms with van der Waals surface area (Å²) in [6.07, 6.45) is 1.67. The molecule has 1 heterocycles. The number of amides is 2. The van der Waals surface area contributed by atoms with Crippen LogP contribution in [0.25, 0.3) is 0 Å². The van der Waals surface area contributed by atoms with E-state index in [-0.39, 0.29) is 17.7 Å². The fourth-order valence-electron chi connectivity index (χ4n) is 1.95. The topological polar surface area (TPSA) is 49.4 Å². The molecule has 2 amide bonds. The minimum Gasteiger partial charge on any atom is -0.317 e. The van der Waals surface area contributed by atoms with E-state index in [1.807, 2.05) is 20.8 Å². The van der Waals surface area contributed by atoms with Gasteiger partial charge in [0.25, 0.3) is 0 Å². The second-order valence-electron chi connectivity index (χ2n) is 5.48. The van der Waals surface area contributed by atoms with Crippen LogP contribution in [0.2, 0.25) is 0 Å². The zero-order valence-corrected chi connectivity index (χ0v) is 10.7. The number of carbonyl (C=O) groups is 2. The van der Waals surface area contributed by atoms with Gasteiger partial charge in [0.2, 0.25) is 11.8 Å². The second-order valence-corrected chi connectivity index (χ2v) is 5.48. The number of hydrogen-bond donors (Lipinski definition) is 1. The largest absolute Gasteiger partial charge is 0.317 e. The molecule has 0 saturated carbocycles. The molecule has 0 aromatic rings. The van der Waals surface area contributed by atoms with E-state index in [1.54, 1.807) is 7.05 Å². The number of imide groups is 1. The number of hydrogen-bond acceptors (Lipinski definition) is 3. The highest BCUT2D eigenvalue weighted by Crippen LogP contribution is 2.20. The maximum atomic E-state index is 12.1. The molecule has 0 aromatic heterocycles. The van der Waals surface area contributed by atoms with Gasteiger partial charge in [-0.25, -0.2) is 0 Å². The van der Waals surface area contributed by atoms with Crippen LogP contribution in [0.15, 0.2) is 0 Å². The van der Waals surface area contributed by atoms with E-state index in [2.05, 4.69) is 5.32 Å². The lowest BCUT2D eigenvalue weighted by Gasteiger charge is -2.29. The molecule has 1 fully saturated rings. The Bertz CT molecular complexity index is 275. The molecule has 1 aliphatic heterocycles. The molecule has 1 N–H and O–H groups in total. The molecule has 0 atom stereocenters. The van der Waals surface area contributed by atoms with Crippen LogP contribution in [0.4, 0.5) is 0 Å². The van der Waals surface area contributed by atoms with Gasteiger partial charge in [0.05, 0.1) is 0 Å². The standard InChI is InChI=1S/C12H22N2O2/c1-12(2,3)11(16)14(4)10(15)9-5-7-13-8-6-9/h9,13H,5-8H2,1-4H3. The first-order valence-corrected chi connectivity index (χ1v) is 5.86. The normalized spacial score (nSPS) is 18.2. The van der Waals surface area contributed by atoms with Crippen molar-refractivity contribution in [3.63, 3.8) is 0 Å². The van der Waals surface area contributed by atoms with E-state index >= 15 is 0 Å². The molecular weight excluding hydrogens is 204 g/mol. The lowest BCUT2D eigenvalue weighted by atomic mass is 9.92. The Morgan fingerprint density at radius 1 is 1.19 bits per heavy atom. The molecule has 4 nitrogen and oxygen atoms in total. The first-order chi connectivity index (χ1) is 7.34. The third-order valence-corrected chi connectivity index (χ3v) is 2.97. The van der Waals surface area contributed by atoms with E-state index in [0.29, 0.717) is 0 Å². The third-order valence-electron chi connectivity index (χ3n) is 2.97. The summed E-state index contributed by atoms with van der Waals surface area (Å²) in [7, 11) is 1.60. The van der Waals surface area contributed by atoms with Crippen molar-refractivity contribution < 1.29 is 9.59 Å². The summed E-state index contributed by atoms with van der Waals surface area (Å²) in [4.78, 5) is 25.3. The Hall–Kier alpha value is -0.900. The Balaban J connectivity index is 2.62. The van der Waals surface area contributed by atoms with Gasteiger partial charge in [-0.2, -0.15) is 0 Å². The fourth-order valence-corrected chi connectivity index (χ4v) is 1.95. The Morgan fingerprint density at radius 2 is 1.69 bits per heavy atom. The highest BCUT2D eigenvalue weighted by atomic mass is 16.2. The van der Waals surface area contributed by atoms with Crippen LogP contribution in [-0.4, -0.2) is 36.9 Å². The van der Waals surface area contributed by atoms with Crippen LogP contribution in [-0.2, 0) is 9.59 Å². The molecule has 1 aliphatic rings. The summed E-state index contributed by atoms with van der Waals surface area (Å²) >= 11 is 0. The molecule has 0 bridgehead atoms. The Morgan fingerprint density at radius 3 is 2.12 bits per heavy atom. The smallest absolute Gasteiger partial charge is 0.234 e. The summed E-state index contributed by atoms with van der Waals surface area (Å²) in [5.74, 6) is -0.116. The summed E-state index contributed by atoms with van der Waals surface area (Å²) in [6.45, 7) is 7.24. The number of rotatable bonds is 1. The molecule has 4 heteroatoms. The fraction of sp³-hybridized carbons (Fsp3) is 0.833. The number of piperidine rings is 1. The van der Waals surface area contributed by atoms with Gasteiger partial charge in [-0.1, -0.05) is 20.8 Å². The lowest BCUT2D eigenvalue weighted by Crippen LogP contribution is -2.45. The zero-order chi connectivity index (χ0) is 12.3. The van der Waals surface area contributed by atoms with Crippen LogP contribution in [0.1, 0.15) is 33.6 Å². The zero-order valence-electron chi connectivity index (χ0n) is 10.7. The summed E-state index contributed by atoms with van der Waals surface area (Å²) in [6, 6.07) is 0. The summed E-state index contributed by atoms with van der Waals surface area (Å²) < 4.78 is 0. The average molecular weight is 226 g/mol. The minimum absolute atomic E-state index is 0.0116. The minimum atomic E-state index is -0.489. The van der Waals surface area contributed by atoms with Gasteiger partial charge in [-0.05, 0) is 25.9 Å². The van der Waals surface area contributed by atoms with Crippen LogP contribution in [0, 0.1) is 11.3 Å². The van der Waals surface area contributed by atoms with Gasteiger partial charge in [0, 0.05) is 18.4 Å². The highest BCUT2D eigenvalue weighted by Gasteiger charge is 2.32. The van der Waals surface area contributed by atoms with Crippen LogP contribution in [0.3, 0.4) is 0 Å². The maximum Gasteiger partial charge on any atom is 0.234 e. The monoisotopic (exact) mass is 226 g/mol. The van der Waals surface area contributed by atoms with E-state index < -0.39 is 5.41 Å². The molecule has 0 aromatic carbocycles. The first-order valence-electron chi connectivity index (χ1n) is 5.86. The van der Waals surface area contributed by atoms with Gasteiger partial charge in [0.1, 0.15) is 0 Å². The summed E-state index contributed by atoms with van der Waals surface area (Å²) in [5.41, 5.74) is -0.489. The third kappa shape index (κ3) is 3.04. The van der Waals surface area contributed by atoms with E-state index in [9.17, 15) is 9.59 Å². The van der Waals surface area contributed by atoms with E-state index in [0.717, 1.165) is 25.9 Å². The quantitative estimate of drug-likeness (QED) is 0.726. The predicted octanol–water partition coefficient (Wildman–Crippen LogP) is 1.02.